The van der Waals surface area contributed by atoms with Crippen molar-refractivity contribution >= 4 is 6.09 Å². The van der Waals surface area contributed by atoms with Gasteiger partial charge in [0, 0.05) is 18.8 Å². The summed E-state index contributed by atoms with van der Waals surface area (Å²) < 4.78 is 5.11. The predicted octanol–water partition coefficient (Wildman–Crippen LogP) is 2.77. The molecular weight excluding hydrogens is 258 g/mol. The van der Waals surface area contributed by atoms with Gasteiger partial charge in [-0.2, -0.15) is 0 Å². The Morgan fingerprint density at radius 2 is 2.20 bits per heavy atom. The van der Waals surface area contributed by atoms with Gasteiger partial charge in [0.15, 0.2) is 0 Å². The summed E-state index contributed by atoms with van der Waals surface area (Å²) in [5.41, 5.74) is 1.73. The van der Waals surface area contributed by atoms with Crippen LogP contribution in [0.5, 0.6) is 0 Å². The van der Waals surface area contributed by atoms with Crippen molar-refractivity contribution in [3.8, 4) is 0 Å². The van der Waals surface area contributed by atoms with Crippen LogP contribution in [0.1, 0.15) is 33.1 Å². The van der Waals surface area contributed by atoms with Crippen molar-refractivity contribution < 1.29 is 9.53 Å². The van der Waals surface area contributed by atoms with E-state index in [1.54, 1.807) is 6.08 Å². The van der Waals surface area contributed by atoms with Gasteiger partial charge in [0.25, 0.3) is 0 Å². The van der Waals surface area contributed by atoms with Crippen molar-refractivity contribution in [1.29, 1.82) is 0 Å². The van der Waals surface area contributed by atoms with Gasteiger partial charge in [-0.05, 0) is 43.5 Å². The lowest BCUT2D eigenvalue weighted by Gasteiger charge is -2.27. The molecule has 0 spiro atoms. The minimum Gasteiger partial charge on any atom is -0.448 e. The molecule has 0 saturated heterocycles. The Kier molecular flexibility index (Phi) is 7.39. The third-order valence-electron chi connectivity index (χ3n) is 3.12. The molecule has 0 heterocycles. The van der Waals surface area contributed by atoms with Crippen LogP contribution >= 0.6 is 0 Å². The van der Waals surface area contributed by atoms with Crippen molar-refractivity contribution in [2.75, 3.05) is 26.2 Å². The monoisotopic (exact) mass is 281 g/mol. The van der Waals surface area contributed by atoms with E-state index in [-0.39, 0.29) is 6.09 Å². The number of amides is 1. The first-order valence-electron chi connectivity index (χ1n) is 7.09. The van der Waals surface area contributed by atoms with Crippen molar-refractivity contribution in [1.82, 2.24) is 10.2 Å². The first-order valence-corrected chi connectivity index (χ1v) is 7.09. The molecule has 1 N–H and O–H groups in total. The first-order chi connectivity index (χ1) is 9.71. The Bertz CT molecular complexity index is 391. The number of rotatable bonds is 8. The Labute approximate surface area is 119 Å². The summed E-state index contributed by atoms with van der Waals surface area (Å²) in [6, 6.07) is 0. The second kappa shape index (κ2) is 9.12. The van der Waals surface area contributed by atoms with E-state index < -0.39 is 0 Å². The number of nitrogens with one attached hydrogen (secondary N) is 1. The van der Waals surface area contributed by atoms with Gasteiger partial charge in [0.1, 0.15) is 6.61 Å². The SMILES string of the molecule is CCCNC(=O)OCCN(CC)C1=CC=C(N=O)CC1. The maximum atomic E-state index is 11.3. The molecule has 0 atom stereocenters. The number of hydrogen-bond acceptors (Lipinski definition) is 5. The summed E-state index contributed by atoms with van der Waals surface area (Å²) in [5.74, 6) is 0. The van der Waals surface area contributed by atoms with Crippen molar-refractivity contribution in [2.45, 2.75) is 33.1 Å². The zero-order valence-corrected chi connectivity index (χ0v) is 12.2. The zero-order chi connectivity index (χ0) is 14.8. The summed E-state index contributed by atoms with van der Waals surface area (Å²) in [5, 5.41) is 5.62. The van der Waals surface area contributed by atoms with E-state index in [0.717, 1.165) is 25.1 Å². The molecular formula is C14H23N3O3. The lowest BCUT2D eigenvalue weighted by atomic mass is 10.1. The molecule has 20 heavy (non-hydrogen) atoms. The molecule has 0 aromatic heterocycles. The Morgan fingerprint density at radius 1 is 1.40 bits per heavy atom. The molecule has 6 nitrogen and oxygen atoms in total. The number of likely N-dealkylation sites (N-methyl/N-ethyl adjacent to an activating group) is 1. The highest BCUT2D eigenvalue weighted by atomic mass is 16.5. The van der Waals surface area contributed by atoms with E-state index in [4.69, 9.17) is 4.74 Å². The summed E-state index contributed by atoms with van der Waals surface area (Å²) in [6.07, 6.45) is 5.66. The number of hydrogen-bond donors (Lipinski definition) is 1. The van der Waals surface area contributed by atoms with E-state index in [1.165, 1.54) is 0 Å². The van der Waals surface area contributed by atoms with Gasteiger partial charge in [-0.1, -0.05) is 6.92 Å². The lowest BCUT2D eigenvalue weighted by molar-refractivity contribution is 0.134. The van der Waals surface area contributed by atoms with Gasteiger partial charge in [-0.25, -0.2) is 4.79 Å². The largest absolute Gasteiger partial charge is 0.448 e. The molecule has 1 amide bonds. The Balaban J connectivity index is 2.37. The van der Waals surface area contributed by atoms with Gasteiger partial charge in [0.05, 0.1) is 12.2 Å². The maximum absolute atomic E-state index is 11.3. The van der Waals surface area contributed by atoms with Crippen LogP contribution in [0.15, 0.2) is 28.7 Å². The van der Waals surface area contributed by atoms with E-state index in [1.807, 2.05) is 13.0 Å². The van der Waals surface area contributed by atoms with E-state index in [0.29, 0.717) is 31.8 Å². The number of carbonyl (C=O) groups is 1. The molecule has 0 saturated carbocycles. The molecule has 0 aliphatic heterocycles. The molecule has 0 aromatic carbocycles. The number of nitroso groups, excluding NO2 is 1. The average molecular weight is 281 g/mol. The third kappa shape index (κ3) is 5.42. The summed E-state index contributed by atoms with van der Waals surface area (Å²) >= 11 is 0. The number of nitrogens with zero attached hydrogens (tertiary/aromatic N) is 2. The predicted molar refractivity (Wildman–Crippen MR) is 78.1 cm³/mol. The zero-order valence-electron chi connectivity index (χ0n) is 12.2. The van der Waals surface area contributed by atoms with Crippen LogP contribution < -0.4 is 5.32 Å². The van der Waals surface area contributed by atoms with Gasteiger partial charge >= 0.3 is 6.09 Å². The van der Waals surface area contributed by atoms with Crippen molar-refractivity contribution in [3.63, 3.8) is 0 Å². The van der Waals surface area contributed by atoms with Gasteiger partial charge in [0.2, 0.25) is 0 Å². The number of alkyl carbamates (subject to hydrolysis) is 1. The molecule has 0 aromatic rings. The molecule has 0 fully saturated rings. The molecule has 0 unspecified atom stereocenters. The van der Waals surface area contributed by atoms with E-state index in [9.17, 15) is 9.70 Å². The fraction of sp³-hybridized carbons (Fsp3) is 0.643. The summed E-state index contributed by atoms with van der Waals surface area (Å²) in [4.78, 5) is 23.9. The maximum Gasteiger partial charge on any atom is 0.407 e. The van der Waals surface area contributed by atoms with E-state index in [2.05, 4.69) is 22.3 Å². The highest BCUT2D eigenvalue weighted by Crippen LogP contribution is 2.21. The van der Waals surface area contributed by atoms with Gasteiger partial charge in [-0.3, -0.25) is 0 Å². The second-order valence-electron chi connectivity index (χ2n) is 4.55. The van der Waals surface area contributed by atoms with Crippen LogP contribution in [0, 0.1) is 4.91 Å². The highest BCUT2D eigenvalue weighted by Gasteiger charge is 2.13. The van der Waals surface area contributed by atoms with Gasteiger partial charge in [-0.15, -0.1) is 4.91 Å². The molecule has 0 radical (unpaired) electrons. The van der Waals surface area contributed by atoms with Crippen molar-refractivity contribution in [3.05, 3.63) is 28.5 Å². The van der Waals surface area contributed by atoms with E-state index >= 15 is 0 Å². The number of allylic oxidation sites excluding steroid dienone is 4. The molecule has 6 heteroatoms. The van der Waals surface area contributed by atoms with Crippen LogP contribution in [0.25, 0.3) is 0 Å². The highest BCUT2D eigenvalue weighted by molar-refractivity contribution is 5.66. The lowest BCUT2D eigenvalue weighted by Crippen LogP contribution is -2.31. The minimum atomic E-state index is -0.368. The summed E-state index contributed by atoms with van der Waals surface area (Å²) in [6.45, 7) is 6.51. The van der Waals surface area contributed by atoms with Crippen molar-refractivity contribution in [2.24, 2.45) is 5.18 Å². The van der Waals surface area contributed by atoms with Crippen LogP contribution in [-0.2, 0) is 4.74 Å². The third-order valence-corrected chi connectivity index (χ3v) is 3.12. The minimum absolute atomic E-state index is 0.350. The normalized spacial score (nSPS) is 14.1. The molecule has 0 bridgehead atoms. The van der Waals surface area contributed by atoms with Crippen LogP contribution in [0.4, 0.5) is 4.79 Å². The van der Waals surface area contributed by atoms with Crippen LogP contribution in [-0.4, -0.2) is 37.2 Å². The molecule has 1 aliphatic carbocycles. The molecule has 1 aliphatic rings. The second-order valence-corrected chi connectivity index (χ2v) is 4.55. The number of carbonyl (C=O) groups excluding carboxylic acids is 1. The fourth-order valence-electron chi connectivity index (χ4n) is 1.99. The molecule has 112 valence electrons. The Morgan fingerprint density at radius 3 is 2.75 bits per heavy atom. The number of ether oxygens (including phenoxy) is 1. The fourth-order valence-corrected chi connectivity index (χ4v) is 1.99. The quantitative estimate of drug-likeness (QED) is 0.694. The van der Waals surface area contributed by atoms with Crippen LogP contribution in [0.3, 0.4) is 0 Å². The van der Waals surface area contributed by atoms with Crippen LogP contribution in [0.2, 0.25) is 0 Å². The first kappa shape index (κ1) is 16.2. The average Bonchev–Trinajstić information content (AvgIpc) is 2.49. The topological polar surface area (TPSA) is 71.0 Å². The smallest absolute Gasteiger partial charge is 0.407 e. The standard InChI is InChI=1S/C14H23N3O3/c1-3-9-15-14(18)20-11-10-17(4-2)13-7-5-12(16-19)6-8-13/h5,7H,3-4,6,8-11H2,1-2H3,(H,15,18). The molecule has 1 rings (SSSR count). The summed E-state index contributed by atoms with van der Waals surface area (Å²) in [7, 11) is 0. The Hall–Kier alpha value is -1.85. The van der Waals surface area contributed by atoms with Gasteiger partial charge < -0.3 is 15.0 Å².